The Bertz CT molecular complexity index is 2310. The summed E-state index contributed by atoms with van der Waals surface area (Å²) < 4.78 is 83.2. The summed E-state index contributed by atoms with van der Waals surface area (Å²) >= 11 is 2.91. The van der Waals surface area contributed by atoms with Crippen LogP contribution in [0.1, 0.15) is 51.1 Å². The van der Waals surface area contributed by atoms with E-state index in [1.54, 1.807) is 29.8 Å². The molecule has 0 bridgehead atoms. The molecule has 0 spiro atoms. The van der Waals surface area contributed by atoms with E-state index in [0.29, 0.717) is 34.6 Å². The summed E-state index contributed by atoms with van der Waals surface area (Å²) in [5.41, 5.74) is 1.93. The summed E-state index contributed by atoms with van der Waals surface area (Å²) in [7, 11) is 0. The summed E-state index contributed by atoms with van der Waals surface area (Å²) in [6.45, 7) is 1.61. The summed E-state index contributed by atoms with van der Waals surface area (Å²) in [5.74, 6) is -2.05. The molecule has 7 rings (SSSR count). The summed E-state index contributed by atoms with van der Waals surface area (Å²) in [6, 6.07) is 18.3. The Morgan fingerprint density at radius 3 is 2.36 bits per heavy atom. The zero-order valence-corrected chi connectivity index (χ0v) is 27.4. The first kappa shape index (κ1) is 33.3. The van der Waals surface area contributed by atoms with Crippen molar-refractivity contribution in [3.05, 3.63) is 133 Å². The molecule has 0 aliphatic carbocycles. The van der Waals surface area contributed by atoms with Crippen LogP contribution in [-0.2, 0) is 31.7 Å². The number of alkyl halides is 6. The fourth-order valence-electron chi connectivity index (χ4n) is 6.16. The molecule has 1 N–H and O–H groups in total. The van der Waals surface area contributed by atoms with Gasteiger partial charge in [0, 0.05) is 39.2 Å². The molecule has 1 aliphatic heterocycles. The van der Waals surface area contributed by atoms with Gasteiger partial charge in [-0.05, 0) is 61.4 Å². The number of halogens is 7. The number of aromatic amines is 1. The summed E-state index contributed by atoms with van der Waals surface area (Å²) in [4.78, 5) is 33.1. The standard InChI is InChI=1S/C34H24BrF6N7O2/c1-18-13-24-27(17-46(18)30(49)21-9-12-26(35)25(15-21)33(36,37)38)48-29(22(16-42-48)14-19-5-3-2-4-6-19)47(31(24)50)23-10-7-20(8-11-23)28-43-32(45-44-28)34(39,40)41/h2-12,15-16,18H,13-14,17H2,1H3,(H,43,44,45). The lowest BCUT2D eigenvalue weighted by molar-refractivity contribution is -0.144. The van der Waals surface area contributed by atoms with Crippen LogP contribution in [0.5, 0.6) is 0 Å². The number of carbonyl (C=O) groups excluding carboxylic acids is 1. The Morgan fingerprint density at radius 1 is 0.980 bits per heavy atom. The quantitative estimate of drug-likeness (QED) is 0.187. The van der Waals surface area contributed by atoms with Crippen molar-refractivity contribution in [3.63, 3.8) is 0 Å². The van der Waals surface area contributed by atoms with Gasteiger partial charge in [0.1, 0.15) is 5.65 Å². The van der Waals surface area contributed by atoms with Crippen molar-refractivity contribution in [3.8, 4) is 17.1 Å². The van der Waals surface area contributed by atoms with Crippen LogP contribution in [0.3, 0.4) is 0 Å². The molecular weight excluding hydrogens is 732 g/mol. The monoisotopic (exact) mass is 755 g/mol. The first-order valence-corrected chi connectivity index (χ1v) is 16.0. The normalized spacial score (nSPS) is 15.0. The fraction of sp³-hybridized carbons (Fsp3) is 0.206. The highest BCUT2D eigenvalue weighted by atomic mass is 79.9. The van der Waals surface area contributed by atoms with E-state index in [4.69, 9.17) is 0 Å². The average Bonchev–Trinajstić information content (AvgIpc) is 3.74. The molecule has 0 fully saturated rings. The minimum atomic E-state index is -4.70. The van der Waals surface area contributed by atoms with Crippen LogP contribution in [0.2, 0.25) is 0 Å². The predicted molar refractivity (Wildman–Crippen MR) is 173 cm³/mol. The number of nitrogens with zero attached hydrogens (tertiary/aromatic N) is 6. The minimum absolute atomic E-state index is 0.0852. The third-order valence-corrected chi connectivity index (χ3v) is 9.29. The lowest BCUT2D eigenvalue weighted by Gasteiger charge is -2.35. The van der Waals surface area contributed by atoms with Crippen molar-refractivity contribution >= 4 is 27.5 Å². The summed E-state index contributed by atoms with van der Waals surface area (Å²) in [5, 5.41) is 10.2. The lowest BCUT2D eigenvalue weighted by Crippen LogP contribution is -2.46. The zero-order chi connectivity index (χ0) is 35.5. The van der Waals surface area contributed by atoms with Crippen LogP contribution in [0.4, 0.5) is 26.3 Å². The molecule has 0 saturated carbocycles. The molecule has 1 aliphatic rings. The van der Waals surface area contributed by atoms with E-state index in [1.807, 2.05) is 35.4 Å². The third-order valence-electron chi connectivity index (χ3n) is 8.60. The molecule has 50 heavy (non-hydrogen) atoms. The Labute approximate surface area is 287 Å². The number of nitrogens with one attached hydrogen (secondary N) is 1. The number of benzene rings is 3. The van der Waals surface area contributed by atoms with E-state index < -0.39 is 41.2 Å². The molecular formula is C34H24BrF6N7O2. The molecule has 6 aromatic rings. The first-order chi connectivity index (χ1) is 23.7. The van der Waals surface area contributed by atoms with Gasteiger partial charge >= 0.3 is 12.4 Å². The molecule has 0 radical (unpaired) electrons. The van der Waals surface area contributed by atoms with Crippen molar-refractivity contribution < 1.29 is 31.1 Å². The molecule has 1 amide bonds. The number of H-pyrrole nitrogens is 1. The number of carbonyl (C=O) groups is 1. The van der Waals surface area contributed by atoms with E-state index in [0.717, 1.165) is 11.6 Å². The molecule has 9 nitrogen and oxygen atoms in total. The van der Waals surface area contributed by atoms with Gasteiger partial charge in [0.15, 0.2) is 5.82 Å². The van der Waals surface area contributed by atoms with Crippen molar-refractivity contribution in [2.24, 2.45) is 0 Å². The van der Waals surface area contributed by atoms with E-state index in [9.17, 15) is 35.9 Å². The second kappa shape index (κ2) is 12.3. The largest absolute Gasteiger partial charge is 0.451 e. The molecule has 16 heteroatoms. The highest BCUT2D eigenvalue weighted by Crippen LogP contribution is 2.36. The van der Waals surface area contributed by atoms with Gasteiger partial charge in [0.2, 0.25) is 5.82 Å². The van der Waals surface area contributed by atoms with Gasteiger partial charge < -0.3 is 4.90 Å². The molecule has 3 aromatic heterocycles. The topological polar surface area (TPSA) is 101 Å². The number of amides is 1. The van der Waals surface area contributed by atoms with Gasteiger partial charge in [-0.3, -0.25) is 19.3 Å². The molecule has 4 heterocycles. The Morgan fingerprint density at radius 2 is 1.70 bits per heavy atom. The highest BCUT2D eigenvalue weighted by Gasteiger charge is 2.37. The second-order valence-corrected chi connectivity index (χ2v) is 12.7. The van der Waals surface area contributed by atoms with E-state index in [2.05, 4.69) is 31.1 Å². The number of fused-ring (bicyclic) bond motifs is 3. The SMILES string of the molecule is CC1Cc2c(n3ncc(Cc4ccccc4)c3n(-c3ccc(-c4n[nH]c(C(F)(F)F)n4)cc3)c2=O)CN1C(=O)c1ccc(Br)c(C(F)(F)F)c1. The smallest absolute Gasteiger partial charge is 0.330 e. The van der Waals surface area contributed by atoms with E-state index in [1.165, 1.54) is 33.7 Å². The Hall–Kier alpha value is -5.25. The Balaban J connectivity index is 1.33. The Kier molecular flexibility index (Phi) is 8.16. The maximum absolute atomic E-state index is 14.4. The maximum Gasteiger partial charge on any atom is 0.451 e. The summed E-state index contributed by atoms with van der Waals surface area (Å²) in [6.07, 6.45) is -7.30. The molecule has 1 unspecified atom stereocenters. The second-order valence-electron chi connectivity index (χ2n) is 11.9. The number of aromatic nitrogens is 6. The van der Waals surface area contributed by atoms with E-state index in [-0.39, 0.29) is 34.4 Å². The van der Waals surface area contributed by atoms with E-state index >= 15 is 0 Å². The molecule has 256 valence electrons. The zero-order valence-electron chi connectivity index (χ0n) is 25.8. The van der Waals surface area contributed by atoms with Crippen LogP contribution >= 0.6 is 15.9 Å². The van der Waals surface area contributed by atoms with Gasteiger partial charge in [0.25, 0.3) is 11.5 Å². The van der Waals surface area contributed by atoms with Gasteiger partial charge in [-0.2, -0.15) is 36.5 Å². The third kappa shape index (κ3) is 5.97. The number of rotatable bonds is 5. The number of hydrogen-bond donors (Lipinski definition) is 1. The fourth-order valence-corrected chi connectivity index (χ4v) is 6.63. The molecule has 1 atom stereocenters. The van der Waals surface area contributed by atoms with Gasteiger partial charge in [0.05, 0.1) is 29.7 Å². The van der Waals surface area contributed by atoms with Crippen LogP contribution in [0.25, 0.3) is 22.7 Å². The van der Waals surface area contributed by atoms with Gasteiger partial charge in [-0.25, -0.2) is 9.50 Å². The van der Waals surface area contributed by atoms with Crippen molar-refractivity contribution in [2.45, 2.75) is 44.7 Å². The van der Waals surface area contributed by atoms with Crippen molar-refractivity contribution in [1.29, 1.82) is 0 Å². The van der Waals surface area contributed by atoms with Crippen LogP contribution in [-0.4, -0.2) is 46.2 Å². The lowest BCUT2D eigenvalue weighted by atomic mass is 9.97. The predicted octanol–water partition coefficient (Wildman–Crippen LogP) is 7.25. The van der Waals surface area contributed by atoms with Crippen LogP contribution < -0.4 is 5.56 Å². The van der Waals surface area contributed by atoms with Crippen LogP contribution in [0, 0.1) is 0 Å². The van der Waals surface area contributed by atoms with Gasteiger partial charge in [-0.1, -0.05) is 46.3 Å². The molecule has 3 aromatic carbocycles. The van der Waals surface area contributed by atoms with Crippen molar-refractivity contribution in [2.75, 3.05) is 0 Å². The maximum atomic E-state index is 14.4. The van der Waals surface area contributed by atoms with Gasteiger partial charge in [-0.15, -0.1) is 0 Å². The van der Waals surface area contributed by atoms with Crippen LogP contribution in [0.15, 0.2) is 88.3 Å². The first-order valence-electron chi connectivity index (χ1n) is 15.2. The van der Waals surface area contributed by atoms with Crippen molar-refractivity contribution in [1.82, 2.24) is 34.3 Å². The minimum Gasteiger partial charge on any atom is -0.330 e. The number of hydrogen-bond acceptors (Lipinski definition) is 5. The molecule has 0 saturated heterocycles. The average molecular weight is 757 g/mol. The highest BCUT2D eigenvalue weighted by molar-refractivity contribution is 9.10.